The van der Waals surface area contributed by atoms with Gasteiger partial charge >= 0.3 is 12.1 Å². The number of fused-ring (bicyclic) bond motifs is 10. The highest BCUT2D eigenvalue weighted by Crippen LogP contribution is 2.54. The molecule has 4 bridgehead atoms. The molecule has 4 fully saturated rings. The van der Waals surface area contributed by atoms with Crippen LogP contribution in [0.25, 0.3) is 0 Å². The van der Waals surface area contributed by atoms with Gasteiger partial charge in [0.15, 0.2) is 0 Å². The Balaban J connectivity index is 0.764. The third-order valence-electron chi connectivity index (χ3n) is 13.8. The van der Waals surface area contributed by atoms with Crippen LogP contribution in [0.3, 0.4) is 0 Å². The van der Waals surface area contributed by atoms with Crippen molar-refractivity contribution in [2.75, 3.05) is 26.2 Å². The SMILES string of the molecule is NC(=O)N(CC#CCN(C(N)=O)C1CCC(CCN2[C@@H]3CC[C@H]2c2ccccc23)CC1)C1CCC(CCN2[C@@H]3CC[C@H]2c2ccccc23)CC1. The van der Waals surface area contributed by atoms with Crippen LogP contribution in [0.15, 0.2) is 48.5 Å². The first-order valence-corrected chi connectivity index (χ1v) is 19.7. The molecule has 50 heavy (non-hydrogen) atoms. The average molecular weight is 677 g/mol. The van der Waals surface area contributed by atoms with Gasteiger partial charge in [-0.25, -0.2) is 9.59 Å². The van der Waals surface area contributed by atoms with Gasteiger partial charge in [0.25, 0.3) is 0 Å². The monoisotopic (exact) mass is 676 g/mol. The number of amides is 4. The molecule has 2 aliphatic carbocycles. The molecule has 2 aromatic rings. The lowest BCUT2D eigenvalue weighted by Gasteiger charge is -2.36. The molecule has 4 N–H and O–H groups in total. The van der Waals surface area contributed by atoms with Gasteiger partial charge in [0.2, 0.25) is 0 Å². The predicted molar refractivity (Wildman–Crippen MR) is 197 cm³/mol. The number of rotatable bonds is 10. The molecule has 8 nitrogen and oxygen atoms in total. The van der Waals surface area contributed by atoms with E-state index in [1.807, 2.05) is 0 Å². The van der Waals surface area contributed by atoms with E-state index in [1.54, 1.807) is 32.1 Å². The van der Waals surface area contributed by atoms with E-state index < -0.39 is 12.1 Å². The molecular formula is C42H56N6O2. The lowest BCUT2D eigenvalue weighted by molar-refractivity contribution is 0.145. The Hall–Kier alpha value is -3.54. The van der Waals surface area contributed by atoms with E-state index in [1.165, 1.54) is 38.5 Å². The molecule has 2 aromatic carbocycles. The molecule has 6 aliphatic rings. The van der Waals surface area contributed by atoms with Crippen molar-refractivity contribution < 1.29 is 9.59 Å². The van der Waals surface area contributed by atoms with Crippen LogP contribution in [0.4, 0.5) is 9.59 Å². The molecule has 0 aromatic heterocycles. The minimum atomic E-state index is -0.398. The predicted octanol–water partition coefficient (Wildman–Crippen LogP) is 7.43. The quantitative estimate of drug-likeness (QED) is 0.256. The second-order valence-corrected chi connectivity index (χ2v) is 16.2. The molecule has 2 saturated carbocycles. The molecule has 4 heterocycles. The Bertz CT molecular complexity index is 1420. The smallest absolute Gasteiger partial charge is 0.315 e. The normalized spacial score (nSPS) is 31.1. The Morgan fingerprint density at radius 3 is 1.16 bits per heavy atom. The maximum absolute atomic E-state index is 12.5. The van der Waals surface area contributed by atoms with Gasteiger partial charge in [-0.3, -0.25) is 9.80 Å². The van der Waals surface area contributed by atoms with Crippen molar-refractivity contribution in [2.45, 2.75) is 126 Å². The van der Waals surface area contributed by atoms with Gasteiger partial charge in [-0.1, -0.05) is 60.4 Å². The number of hydrogen-bond donors (Lipinski definition) is 2. The fraction of sp³-hybridized carbons (Fsp3) is 0.619. The number of benzene rings is 2. The summed E-state index contributed by atoms with van der Waals surface area (Å²) in [4.78, 5) is 34.0. The molecule has 0 spiro atoms. The van der Waals surface area contributed by atoms with Crippen molar-refractivity contribution in [3.05, 3.63) is 70.8 Å². The van der Waals surface area contributed by atoms with Gasteiger partial charge in [0.1, 0.15) is 0 Å². The summed E-state index contributed by atoms with van der Waals surface area (Å²) in [5, 5.41) is 0. The zero-order chi connectivity index (χ0) is 34.2. The first kappa shape index (κ1) is 33.6. The number of nitrogens with zero attached hydrogens (tertiary/aromatic N) is 4. The first-order chi connectivity index (χ1) is 24.5. The fourth-order valence-electron chi connectivity index (χ4n) is 11.1. The van der Waals surface area contributed by atoms with Crippen LogP contribution in [-0.2, 0) is 0 Å². The lowest BCUT2D eigenvalue weighted by Crippen LogP contribution is -2.46. The van der Waals surface area contributed by atoms with E-state index in [0.29, 0.717) is 49.1 Å². The van der Waals surface area contributed by atoms with Gasteiger partial charge in [-0.2, -0.15) is 0 Å². The summed E-state index contributed by atoms with van der Waals surface area (Å²) >= 11 is 0. The topological polar surface area (TPSA) is 99.1 Å². The molecule has 4 amide bonds. The first-order valence-electron chi connectivity index (χ1n) is 19.7. The number of urea groups is 2. The highest BCUT2D eigenvalue weighted by Gasteiger charge is 2.44. The van der Waals surface area contributed by atoms with E-state index in [9.17, 15) is 9.59 Å². The van der Waals surface area contributed by atoms with Crippen LogP contribution in [0.2, 0.25) is 0 Å². The highest BCUT2D eigenvalue weighted by atomic mass is 16.2. The van der Waals surface area contributed by atoms with Crippen molar-refractivity contribution in [1.29, 1.82) is 0 Å². The molecule has 8 rings (SSSR count). The fourth-order valence-corrected chi connectivity index (χ4v) is 11.1. The Kier molecular flexibility index (Phi) is 9.81. The molecule has 0 radical (unpaired) electrons. The zero-order valence-corrected chi connectivity index (χ0v) is 29.7. The number of primary amides is 2. The Labute approximate surface area is 298 Å². The van der Waals surface area contributed by atoms with Gasteiger partial charge in [0, 0.05) is 36.3 Å². The third kappa shape index (κ3) is 6.52. The van der Waals surface area contributed by atoms with Crippen molar-refractivity contribution >= 4 is 12.1 Å². The molecule has 266 valence electrons. The number of hydrogen-bond acceptors (Lipinski definition) is 4. The molecule has 8 heteroatoms. The second-order valence-electron chi connectivity index (χ2n) is 16.2. The van der Waals surface area contributed by atoms with E-state index >= 15 is 0 Å². The Morgan fingerprint density at radius 1 is 0.540 bits per heavy atom. The van der Waals surface area contributed by atoms with Gasteiger partial charge < -0.3 is 21.3 Å². The summed E-state index contributed by atoms with van der Waals surface area (Å²) < 4.78 is 0. The molecular weight excluding hydrogens is 621 g/mol. The third-order valence-corrected chi connectivity index (χ3v) is 13.8. The second kappa shape index (κ2) is 14.6. The average Bonchev–Trinajstić information content (AvgIpc) is 3.90. The standard InChI is InChI=1S/C42H56N6O2/c43-41(49)45(31-15-11-29(12-16-31)23-27-47-37-19-20-38(47)34-8-2-1-7-33(34)37)25-5-6-26-46(42(44)50)32-17-13-30(14-18-32)24-28-48-39-21-22-40(48)36-10-4-3-9-35(36)39/h1-4,7-10,29-32,37-40H,11-28H2,(H2,43,49)(H2,44,50)/t29?,30?,31?,32?,37-,38+,39-,40+. The van der Waals surface area contributed by atoms with Crippen molar-refractivity contribution in [3.8, 4) is 11.8 Å². The van der Waals surface area contributed by atoms with E-state index in [-0.39, 0.29) is 12.1 Å². The number of carbonyl (C=O) groups excluding carboxylic acids is 2. The van der Waals surface area contributed by atoms with E-state index in [4.69, 9.17) is 11.5 Å². The van der Waals surface area contributed by atoms with Crippen LogP contribution in [0.1, 0.15) is 136 Å². The Morgan fingerprint density at radius 2 is 0.860 bits per heavy atom. The van der Waals surface area contributed by atoms with Crippen LogP contribution >= 0.6 is 0 Å². The van der Waals surface area contributed by atoms with Gasteiger partial charge in [-0.15, -0.1) is 0 Å². The largest absolute Gasteiger partial charge is 0.351 e. The van der Waals surface area contributed by atoms with E-state index in [0.717, 1.165) is 64.5 Å². The van der Waals surface area contributed by atoms with Crippen LogP contribution in [0, 0.1) is 23.7 Å². The van der Waals surface area contributed by atoms with Crippen molar-refractivity contribution in [2.24, 2.45) is 23.3 Å². The zero-order valence-electron chi connectivity index (χ0n) is 29.7. The van der Waals surface area contributed by atoms with Crippen LogP contribution in [-0.4, -0.2) is 69.9 Å². The van der Waals surface area contributed by atoms with E-state index in [2.05, 4.69) is 70.2 Å². The molecule has 2 saturated heterocycles. The maximum atomic E-state index is 12.5. The van der Waals surface area contributed by atoms with Crippen molar-refractivity contribution in [1.82, 2.24) is 19.6 Å². The number of carbonyl (C=O) groups is 2. The maximum Gasteiger partial charge on any atom is 0.315 e. The summed E-state index contributed by atoms with van der Waals surface area (Å²) in [6.45, 7) is 2.94. The summed E-state index contributed by atoms with van der Waals surface area (Å²) in [6.07, 6.45) is 16.0. The van der Waals surface area contributed by atoms with Crippen LogP contribution < -0.4 is 11.5 Å². The minimum Gasteiger partial charge on any atom is -0.351 e. The summed E-state index contributed by atoms with van der Waals surface area (Å²) in [5.41, 5.74) is 18.0. The van der Waals surface area contributed by atoms with Crippen molar-refractivity contribution in [3.63, 3.8) is 0 Å². The summed E-state index contributed by atoms with van der Waals surface area (Å²) in [6, 6.07) is 20.0. The van der Waals surface area contributed by atoms with Crippen LogP contribution in [0.5, 0.6) is 0 Å². The number of nitrogens with two attached hydrogens (primary N) is 2. The van der Waals surface area contributed by atoms with Gasteiger partial charge in [-0.05, 0) is 137 Å². The summed E-state index contributed by atoms with van der Waals surface area (Å²) in [7, 11) is 0. The lowest BCUT2D eigenvalue weighted by atomic mass is 9.83. The molecule has 0 unspecified atom stereocenters. The highest BCUT2D eigenvalue weighted by molar-refractivity contribution is 5.73. The molecule has 4 atom stereocenters. The summed E-state index contributed by atoms with van der Waals surface area (Å²) in [5.74, 6) is 7.76. The van der Waals surface area contributed by atoms with Gasteiger partial charge in [0.05, 0.1) is 13.1 Å². The molecule has 4 aliphatic heterocycles. The minimum absolute atomic E-state index is 0.137.